The van der Waals surface area contributed by atoms with E-state index in [1.165, 1.54) is 52.7 Å². The van der Waals surface area contributed by atoms with Crippen LogP contribution in [0.25, 0.3) is 97.4 Å². The number of fused-ring (bicyclic) bond motifs is 8. The molecule has 0 atom stereocenters. The van der Waals surface area contributed by atoms with E-state index in [1.807, 2.05) is 17.4 Å². The molecule has 0 fully saturated rings. The Balaban J connectivity index is 1.01. The Bertz CT molecular complexity index is 3100. The fraction of sp³-hybridized carbons (Fsp3) is 0.0612. The van der Waals surface area contributed by atoms with Gasteiger partial charge in [0.1, 0.15) is 5.01 Å². The largest absolute Gasteiger partial charge is 0.235 e. The van der Waals surface area contributed by atoms with E-state index in [2.05, 4.69) is 166 Å². The van der Waals surface area contributed by atoms with Crippen LogP contribution in [0.2, 0.25) is 0 Å². The predicted molar refractivity (Wildman–Crippen MR) is 231 cm³/mol. The highest BCUT2D eigenvalue weighted by Gasteiger charge is 2.35. The summed E-state index contributed by atoms with van der Waals surface area (Å²) in [5, 5.41) is 3.52. The van der Waals surface area contributed by atoms with E-state index in [9.17, 15) is 0 Å². The van der Waals surface area contributed by atoms with Crippen LogP contribution < -0.4 is 0 Å². The van der Waals surface area contributed by atoms with Gasteiger partial charge in [-0.1, -0.05) is 147 Å². The summed E-state index contributed by atoms with van der Waals surface area (Å²) < 4.78 is 3.76. The van der Waals surface area contributed by atoms with Crippen molar-refractivity contribution in [1.29, 1.82) is 0 Å². The van der Waals surface area contributed by atoms with Gasteiger partial charge in [0.05, 0.1) is 10.2 Å². The van der Waals surface area contributed by atoms with E-state index in [0.717, 1.165) is 38.3 Å². The van der Waals surface area contributed by atoms with Crippen molar-refractivity contribution in [2.75, 3.05) is 0 Å². The summed E-state index contributed by atoms with van der Waals surface area (Å²) in [6, 6.07) is 55.9. The van der Waals surface area contributed by atoms with Crippen LogP contribution in [0.3, 0.4) is 0 Å². The van der Waals surface area contributed by atoms with E-state index in [4.69, 9.17) is 19.9 Å². The van der Waals surface area contributed by atoms with Gasteiger partial charge >= 0.3 is 0 Å². The first-order valence-corrected chi connectivity index (χ1v) is 20.1. The van der Waals surface area contributed by atoms with Crippen LogP contribution in [0.15, 0.2) is 158 Å². The maximum atomic E-state index is 5.21. The zero-order chi connectivity index (χ0) is 36.7. The third-order valence-corrected chi connectivity index (χ3v) is 13.2. The third-order valence-electron chi connectivity index (χ3n) is 11.0. The molecule has 0 bridgehead atoms. The van der Waals surface area contributed by atoms with Gasteiger partial charge in [0.25, 0.3) is 0 Å². The second-order valence-electron chi connectivity index (χ2n) is 14.7. The van der Waals surface area contributed by atoms with E-state index in [0.29, 0.717) is 17.5 Å². The molecule has 260 valence electrons. The van der Waals surface area contributed by atoms with Gasteiger partial charge in [0.2, 0.25) is 0 Å². The first kappa shape index (κ1) is 32.1. The summed E-state index contributed by atoms with van der Waals surface area (Å²) in [5.74, 6) is 1.94. The normalized spacial score (nSPS) is 13.1. The predicted octanol–water partition coefficient (Wildman–Crippen LogP) is 13.5. The Kier molecular flexibility index (Phi) is 7.21. The van der Waals surface area contributed by atoms with Gasteiger partial charge < -0.3 is 0 Å². The minimum atomic E-state index is -0.132. The van der Waals surface area contributed by atoms with Gasteiger partial charge in [-0.2, -0.15) is 0 Å². The standard InChI is InChI=1S/C49H32N4S2/c1-49(2)38-14-8-6-12-35(38)36-25-24-34(28-39(36)49)47-52-45(31-18-16-30(17-19-31)29-10-4-3-5-11-29)51-46(53-47)32-20-22-33(23-21-32)48-50-44-42(55-48)27-26-41-43(44)37-13-7-9-15-40(37)54-41/h3-28H,1-2H3. The Morgan fingerprint density at radius 3 is 1.73 bits per heavy atom. The molecule has 1 aliphatic rings. The molecular weight excluding hydrogens is 709 g/mol. The van der Waals surface area contributed by atoms with E-state index in [-0.39, 0.29) is 5.41 Å². The zero-order valence-electron chi connectivity index (χ0n) is 30.1. The second-order valence-corrected chi connectivity index (χ2v) is 16.8. The van der Waals surface area contributed by atoms with E-state index in [1.54, 1.807) is 11.3 Å². The lowest BCUT2D eigenvalue weighted by Gasteiger charge is -2.21. The first-order chi connectivity index (χ1) is 27.0. The number of thiazole rings is 1. The summed E-state index contributed by atoms with van der Waals surface area (Å²) in [7, 11) is 0. The van der Waals surface area contributed by atoms with Crippen molar-refractivity contribution in [3.05, 3.63) is 169 Å². The SMILES string of the molecule is CC1(C)c2ccccc2-c2ccc(-c3nc(-c4ccc(-c5ccccc5)cc4)nc(-c4ccc(-c5nc6c(ccc7sc8ccccc8c76)s5)cc4)n3)cc21. The van der Waals surface area contributed by atoms with Crippen molar-refractivity contribution >= 4 is 53.1 Å². The molecule has 1 aliphatic carbocycles. The van der Waals surface area contributed by atoms with Crippen molar-refractivity contribution in [2.45, 2.75) is 19.3 Å². The first-order valence-electron chi connectivity index (χ1n) is 18.5. The van der Waals surface area contributed by atoms with Crippen molar-refractivity contribution < 1.29 is 0 Å². The fourth-order valence-electron chi connectivity index (χ4n) is 8.14. The van der Waals surface area contributed by atoms with Crippen LogP contribution in [0.5, 0.6) is 0 Å². The van der Waals surface area contributed by atoms with Crippen LogP contribution in [0, 0.1) is 0 Å². The quantitative estimate of drug-likeness (QED) is 0.176. The molecule has 3 aromatic heterocycles. The van der Waals surface area contributed by atoms with Gasteiger partial charge in [-0.3, -0.25) is 0 Å². The minimum absolute atomic E-state index is 0.132. The third kappa shape index (κ3) is 5.24. The summed E-state index contributed by atoms with van der Waals surface area (Å²) >= 11 is 3.56. The molecule has 3 heterocycles. The van der Waals surface area contributed by atoms with Gasteiger partial charge in [-0.05, 0) is 57.6 Å². The molecule has 0 saturated carbocycles. The fourth-order valence-corrected chi connectivity index (χ4v) is 10.2. The van der Waals surface area contributed by atoms with Crippen LogP contribution >= 0.6 is 22.7 Å². The lowest BCUT2D eigenvalue weighted by molar-refractivity contribution is 0.660. The molecule has 0 radical (unpaired) electrons. The Hall–Kier alpha value is -6.34. The molecule has 0 N–H and O–H groups in total. The highest BCUT2D eigenvalue weighted by Crippen LogP contribution is 2.49. The number of thiophene rings is 1. The van der Waals surface area contributed by atoms with Crippen molar-refractivity contribution in [3.63, 3.8) is 0 Å². The number of rotatable bonds is 5. The maximum Gasteiger partial charge on any atom is 0.164 e. The molecule has 55 heavy (non-hydrogen) atoms. The topological polar surface area (TPSA) is 51.6 Å². The van der Waals surface area contributed by atoms with Crippen molar-refractivity contribution in [2.24, 2.45) is 0 Å². The van der Waals surface area contributed by atoms with Crippen LogP contribution in [0.4, 0.5) is 0 Å². The highest BCUT2D eigenvalue weighted by atomic mass is 32.1. The van der Waals surface area contributed by atoms with Gasteiger partial charge in [0.15, 0.2) is 17.5 Å². The average molecular weight is 741 g/mol. The lowest BCUT2D eigenvalue weighted by Crippen LogP contribution is -2.15. The van der Waals surface area contributed by atoms with Crippen molar-refractivity contribution in [1.82, 2.24) is 19.9 Å². The van der Waals surface area contributed by atoms with E-state index >= 15 is 0 Å². The smallest absolute Gasteiger partial charge is 0.164 e. The zero-order valence-corrected chi connectivity index (χ0v) is 31.7. The summed E-state index contributed by atoms with van der Waals surface area (Å²) in [5.41, 5.74) is 12.4. The number of hydrogen-bond acceptors (Lipinski definition) is 6. The van der Waals surface area contributed by atoms with E-state index < -0.39 is 0 Å². The maximum absolute atomic E-state index is 5.21. The summed E-state index contributed by atoms with van der Waals surface area (Å²) in [6.45, 7) is 4.61. The summed E-state index contributed by atoms with van der Waals surface area (Å²) in [6.07, 6.45) is 0. The number of nitrogens with zero attached hydrogens (tertiary/aromatic N) is 4. The van der Waals surface area contributed by atoms with Crippen molar-refractivity contribution in [3.8, 4) is 67.0 Å². The molecular formula is C49H32N4S2. The Morgan fingerprint density at radius 1 is 0.400 bits per heavy atom. The highest BCUT2D eigenvalue weighted by molar-refractivity contribution is 7.26. The monoisotopic (exact) mass is 740 g/mol. The molecule has 0 aliphatic heterocycles. The van der Waals surface area contributed by atoms with Crippen LogP contribution in [-0.2, 0) is 5.41 Å². The lowest BCUT2D eigenvalue weighted by atomic mass is 9.82. The molecule has 6 heteroatoms. The molecule has 0 amide bonds. The van der Waals surface area contributed by atoms with Gasteiger partial charge in [-0.15, -0.1) is 22.7 Å². The molecule has 0 spiro atoms. The number of benzene rings is 7. The summed E-state index contributed by atoms with van der Waals surface area (Å²) in [4.78, 5) is 20.6. The molecule has 0 saturated heterocycles. The molecule has 11 rings (SSSR count). The molecule has 4 nitrogen and oxygen atoms in total. The molecule has 10 aromatic rings. The average Bonchev–Trinajstić information content (AvgIpc) is 3.91. The van der Waals surface area contributed by atoms with Crippen LogP contribution in [-0.4, -0.2) is 19.9 Å². The number of aromatic nitrogens is 4. The Morgan fingerprint density at radius 2 is 0.964 bits per heavy atom. The van der Waals surface area contributed by atoms with Gasteiger partial charge in [-0.25, -0.2) is 19.9 Å². The second kappa shape index (κ2) is 12.4. The van der Waals surface area contributed by atoms with Gasteiger partial charge in [0, 0.05) is 47.8 Å². The molecule has 0 unspecified atom stereocenters. The number of hydrogen-bond donors (Lipinski definition) is 0. The Labute approximate surface area is 326 Å². The minimum Gasteiger partial charge on any atom is -0.235 e. The molecule has 7 aromatic carbocycles. The van der Waals surface area contributed by atoms with Crippen LogP contribution in [0.1, 0.15) is 25.0 Å².